The number of amides is 2. The molecule has 0 saturated carbocycles. The fourth-order valence-electron chi connectivity index (χ4n) is 3.27. The molecule has 1 fully saturated rings. The maximum Gasteiger partial charge on any atom is 0.329 e. The molecule has 29 heavy (non-hydrogen) atoms. The van der Waals surface area contributed by atoms with Crippen molar-refractivity contribution in [3.8, 4) is 5.75 Å². The van der Waals surface area contributed by atoms with Gasteiger partial charge < -0.3 is 19.6 Å². The highest BCUT2D eigenvalue weighted by atomic mass is 16.5. The number of nitrogens with zero attached hydrogens (tertiary/aromatic N) is 3. The van der Waals surface area contributed by atoms with Crippen LogP contribution in [0.15, 0.2) is 42.5 Å². The van der Waals surface area contributed by atoms with Gasteiger partial charge in [0, 0.05) is 26.2 Å². The van der Waals surface area contributed by atoms with E-state index in [1.165, 1.54) is 28.9 Å². The summed E-state index contributed by atoms with van der Waals surface area (Å²) in [4.78, 5) is 43.9. The van der Waals surface area contributed by atoms with Crippen LogP contribution in [0.25, 0.3) is 0 Å². The number of esters is 1. The maximum absolute atomic E-state index is 12.7. The standard InChI is InChI=1S/C21H23N3O5/c1-14(25)24-12-4-7-19(24)21(28)29-13-15-5-3-6-18(22-15)20(27)23(2)16-8-10-17(26)11-9-16/h3,5-6,8-11,19,26H,4,7,12-13H2,1-2H3/t19-/m1/s1. The fraction of sp³-hybridized carbons (Fsp3) is 0.333. The van der Waals surface area contributed by atoms with Crippen LogP contribution in [0.1, 0.15) is 35.9 Å². The zero-order valence-corrected chi connectivity index (χ0v) is 16.4. The molecule has 8 heteroatoms. The van der Waals surface area contributed by atoms with Crippen LogP contribution in [-0.2, 0) is 20.9 Å². The van der Waals surface area contributed by atoms with E-state index in [0.717, 1.165) is 6.42 Å². The molecular formula is C21H23N3O5. The molecule has 2 heterocycles. The quantitative estimate of drug-likeness (QED) is 0.776. The molecule has 8 nitrogen and oxygen atoms in total. The van der Waals surface area contributed by atoms with Crippen LogP contribution in [0.5, 0.6) is 5.75 Å². The normalized spacial score (nSPS) is 15.8. The first-order valence-corrected chi connectivity index (χ1v) is 9.33. The third-order valence-corrected chi connectivity index (χ3v) is 4.86. The summed E-state index contributed by atoms with van der Waals surface area (Å²) in [7, 11) is 1.61. The number of phenols is 1. The molecule has 0 unspecified atom stereocenters. The van der Waals surface area contributed by atoms with Crippen molar-refractivity contribution in [3.63, 3.8) is 0 Å². The molecule has 1 saturated heterocycles. The Bertz CT molecular complexity index is 913. The number of hydrogen-bond acceptors (Lipinski definition) is 6. The summed E-state index contributed by atoms with van der Waals surface area (Å²) in [5.74, 6) is -0.825. The Morgan fingerprint density at radius 3 is 2.62 bits per heavy atom. The molecule has 1 aliphatic rings. The maximum atomic E-state index is 12.7. The molecule has 152 valence electrons. The smallest absolute Gasteiger partial charge is 0.329 e. The van der Waals surface area contributed by atoms with Crippen LogP contribution in [0.3, 0.4) is 0 Å². The Morgan fingerprint density at radius 2 is 1.93 bits per heavy atom. The zero-order valence-electron chi connectivity index (χ0n) is 16.4. The van der Waals surface area contributed by atoms with Gasteiger partial charge in [0.2, 0.25) is 5.91 Å². The summed E-state index contributed by atoms with van der Waals surface area (Å²) >= 11 is 0. The molecule has 0 spiro atoms. The lowest BCUT2D eigenvalue weighted by Crippen LogP contribution is -2.40. The summed E-state index contributed by atoms with van der Waals surface area (Å²) in [5, 5.41) is 9.38. The summed E-state index contributed by atoms with van der Waals surface area (Å²) in [5.41, 5.74) is 1.26. The van der Waals surface area contributed by atoms with E-state index in [1.54, 1.807) is 37.4 Å². The van der Waals surface area contributed by atoms with Crippen molar-refractivity contribution in [3.05, 3.63) is 53.9 Å². The number of aromatic hydroxyl groups is 1. The first-order valence-electron chi connectivity index (χ1n) is 9.33. The summed E-state index contributed by atoms with van der Waals surface area (Å²) < 4.78 is 5.34. The van der Waals surface area contributed by atoms with Crippen molar-refractivity contribution in [1.82, 2.24) is 9.88 Å². The average Bonchev–Trinajstić information content (AvgIpc) is 3.22. The highest BCUT2D eigenvalue weighted by Crippen LogP contribution is 2.20. The van der Waals surface area contributed by atoms with Crippen LogP contribution in [-0.4, -0.2) is 52.4 Å². The van der Waals surface area contributed by atoms with Gasteiger partial charge in [0.25, 0.3) is 5.91 Å². The van der Waals surface area contributed by atoms with Crippen LogP contribution in [0, 0.1) is 0 Å². The Balaban J connectivity index is 1.64. The SMILES string of the molecule is CC(=O)N1CCC[C@@H]1C(=O)OCc1cccc(C(=O)N(C)c2ccc(O)cc2)n1. The van der Waals surface area contributed by atoms with Gasteiger partial charge in [0.05, 0.1) is 5.69 Å². The number of carbonyl (C=O) groups is 3. The van der Waals surface area contributed by atoms with Crippen molar-refractivity contribution < 1.29 is 24.2 Å². The first kappa shape index (κ1) is 20.3. The number of hydrogen-bond donors (Lipinski definition) is 1. The number of likely N-dealkylation sites (tertiary alicyclic amines) is 1. The number of rotatable bonds is 5. The molecule has 1 N–H and O–H groups in total. The van der Waals surface area contributed by atoms with Gasteiger partial charge in [-0.1, -0.05) is 6.07 Å². The van der Waals surface area contributed by atoms with Gasteiger partial charge in [0.1, 0.15) is 24.1 Å². The van der Waals surface area contributed by atoms with E-state index in [2.05, 4.69) is 4.98 Å². The molecule has 1 atom stereocenters. The Morgan fingerprint density at radius 1 is 1.21 bits per heavy atom. The van der Waals surface area contributed by atoms with Gasteiger partial charge in [-0.2, -0.15) is 0 Å². The highest BCUT2D eigenvalue weighted by molar-refractivity contribution is 6.04. The van der Waals surface area contributed by atoms with Gasteiger partial charge in [-0.3, -0.25) is 9.59 Å². The number of benzene rings is 1. The lowest BCUT2D eigenvalue weighted by Gasteiger charge is -2.21. The molecular weight excluding hydrogens is 374 g/mol. The second kappa shape index (κ2) is 8.72. The monoisotopic (exact) mass is 397 g/mol. The van der Waals surface area contributed by atoms with Crippen molar-refractivity contribution in [2.75, 3.05) is 18.5 Å². The van der Waals surface area contributed by atoms with E-state index < -0.39 is 12.0 Å². The molecule has 2 amide bonds. The summed E-state index contributed by atoms with van der Waals surface area (Å²) in [6.07, 6.45) is 1.35. The van der Waals surface area contributed by atoms with E-state index in [9.17, 15) is 19.5 Å². The van der Waals surface area contributed by atoms with E-state index >= 15 is 0 Å². The minimum absolute atomic E-state index is 0.0783. The minimum Gasteiger partial charge on any atom is -0.508 e. The van der Waals surface area contributed by atoms with Gasteiger partial charge in [0.15, 0.2) is 0 Å². The molecule has 0 aliphatic carbocycles. The molecule has 0 bridgehead atoms. The number of ether oxygens (including phenoxy) is 1. The number of pyridine rings is 1. The van der Waals surface area contributed by atoms with Crippen molar-refractivity contribution >= 4 is 23.5 Å². The number of phenolic OH excluding ortho intramolecular Hbond substituents is 1. The first-order chi connectivity index (χ1) is 13.9. The van der Waals surface area contributed by atoms with Crippen LogP contribution in [0.4, 0.5) is 5.69 Å². The van der Waals surface area contributed by atoms with E-state index in [0.29, 0.717) is 24.3 Å². The highest BCUT2D eigenvalue weighted by Gasteiger charge is 2.33. The lowest BCUT2D eigenvalue weighted by atomic mass is 10.2. The van der Waals surface area contributed by atoms with Crippen molar-refractivity contribution in [2.24, 2.45) is 0 Å². The predicted octanol–water partition coefficient (Wildman–Crippen LogP) is 2.12. The van der Waals surface area contributed by atoms with Crippen LogP contribution >= 0.6 is 0 Å². The average molecular weight is 397 g/mol. The van der Waals surface area contributed by atoms with Crippen molar-refractivity contribution in [2.45, 2.75) is 32.4 Å². The Hall–Kier alpha value is -3.42. The molecule has 1 aliphatic heterocycles. The third-order valence-electron chi connectivity index (χ3n) is 4.86. The number of anilines is 1. The second-order valence-electron chi connectivity index (χ2n) is 6.87. The van der Waals surface area contributed by atoms with Crippen LogP contribution < -0.4 is 4.90 Å². The Kier molecular flexibility index (Phi) is 6.11. The number of aromatic nitrogens is 1. The lowest BCUT2D eigenvalue weighted by molar-refractivity contribution is -0.154. The van der Waals surface area contributed by atoms with Crippen molar-refractivity contribution in [1.29, 1.82) is 0 Å². The van der Waals surface area contributed by atoms with Crippen LogP contribution in [0.2, 0.25) is 0 Å². The van der Waals surface area contributed by atoms with Gasteiger partial charge in [-0.05, 0) is 49.2 Å². The molecule has 1 aromatic heterocycles. The van der Waals surface area contributed by atoms with E-state index in [-0.39, 0.29) is 29.9 Å². The van der Waals surface area contributed by atoms with Gasteiger partial charge in [-0.25, -0.2) is 9.78 Å². The van der Waals surface area contributed by atoms with E-state index in [4.69, 9.17) is 4.74 Å². The molecule has 0 radical (unpaired) electrons. The van der Waals surface area contributed by atoms with Gasteiger partial charge in [-0.15, -0.1) is 0 Å². The largest absolute Gasteiger partial charge is 0.508 e. The Labute approximate surface area is 168 Å². The fourth-order valence-corrected chi connectivity index (χ4v) is 3.27. The molecule has 1 aromatic carbocycles. The van der Waals surface area contributed by atoms with E-state index in [1.807, 2.05) is 0 Å². The zero-order chi connectivity index (χ0) is 21.0. The topological polar surface area (TPSA) is 100 Å². The molecule has 2 aromatic rings. The summed E-state index contributed by atoms with van der Waals surface area (Å²) in [6, 6.07) is 10.6. The number of carbonyl (C=O) groups excluding carboxylic acids is 3. The minimum atomic E-state index is -0.557. The third kappa shape index (κ3) is 4.71. The second-order valence-corrected chi connectivity index (χ2v) is 6.87. The molecule has 3 rings (SSSR count). The van der Waals surface area contributed by atoms with Gasteiger partial charge >= 0.3 is 5.97 Å². The summed E-state index contributed by atoms with van der Waals surface area (Å²) in [6.45, 7) is 1.92. The predicted molar refractivity (Wildman–Crippen MR) is 105 cm³/mol.